The molecule has 1 aromatic heterocycles. The van der Waals surface area contributed by atoms with Gasteiger partial charge >= 0.3 is 0 Å². The molecule has 1 N–H and O–H groups in total. The molecule has 0 bridgehead atoms. The summed E-state index contributed by atoms with van der Waals surface area (Å²) in [6.07, 6.45) is 0. The lowest BCUT2D eigenvalue weighted by Crippen LogP contribution is -2.16. The van der Waals surface area contributed by atoms with Crippen LogP contribution in [0.1, 0.15) is 5.56 Å². The van der Waals surface area contributed by atoms with Crippen molar-refractivity contribution in [1.29, 1.82) is 0 Å². The molecular weight excluding hydrogens is 248 g/mol. The van der Waals surface area contributed by atoms with E-state index in [1.165, 1.54) is 0 Å². The lowest BCUT2D eigenvalue weighted by Gasteiger charge is -2.09. The summed E-state index contributed by atoms with van der Waals surface area (Å²) in [4.78, 5) is 4.56. The van der Waals surface area contributed by atoms with Gasteiger partial charge in [0.25, 0.3) is 0 Å². The Morgan fingerprint density at radius 2 is 2.06 bits per heavy atom. The second-order valence-electron chi connectivity index (χ2n) is 4.17. The quantitative estimate of drug-likeness (QED) is 0.856. The summed E-state index contributed by atoms with van der Waals surface area (Å²) in [7, 11) is 0. The Kier molecular flexibility index (Phi) is 3.17. The van der Waals surface area contributed by atoms with Crippen molar-refractivity contribution in [2.45, 2.75) is 6.54 Å². The summed E-state index contributed by atoms with van der Waals surface area (Å²) in [5, 5.41) is 3.99. The number of fused-ring (bicyclic) bond motifs is 1. The van der Waals surface area contributed by atoms with Gasteiger partial charge in [-0.15, -0.1) is 0 Å². The van der Waals surface area contributed by atoms with Gasteiger partial charge in [0.15, 0.2) is 0 Å². The standard InChI is InChI=1S/C14H13ClN2O/c15-12-4-2-1-3-11(12)13-6-5-10-9-16-7-8-18-14(10)17-13/h1-6,16H,7-9H2. The third-order valence-corrected chi connectivity index (χ3v) is 3.25. The molecule has 0 aliphatic carbocycles. The van der Waals surface area contributed by atoms with Crippen LogP contribution in [0.25, 0.3) is 11.3 Å². The summed E-state index contributed by atoms with van der Waals surface area (Å²) in [5.41, 5.74) is 2.87. The van der Waals surface area contributed by atoms with Crippen LogP contribution in [0.5, 0.6) is 5.88 Å². The first-order valence-corrected chi connectivity index (χ1v) is 6.31. The molecule has 1 aliphatic rings. The maximum Gasteiger partial charge on any atom is 0.218 e. The van der Waals surface area contributed by atoms with Gasteiger partial charge in [-0.1, -0.05) is 35.9 Å². The number of rotatable bonds is 1. The average molecular weight is 261 g/mol. The summed E-state index contributed by atoms with van der Waals surface area (Å²) >= 11 is 6.18. The van der Waals surface area contributed by atoms with Gasteiger partial charge in [-0.25, -0.2) is 4.98 Å². The number of pyridine rings is 1. The number of hydrogen-bond acceptors (Lipinski definition) is 3. The van der Waals surface area contributed by atoms with Crippen molar-refractivity contribution >= 4 is 11.6 Å². The number of nitrogens with one attached hydrogen (secondary N) is 1. The van der Waals surface area contributed by atoms with E-state index in [4.69, 9.17) is 16.3 Å². The third kappa shape index (κ3) is 2.19. The fourth-order valence-corrected chi connectivity index (χ4v) is 2.22. The first-order chi connectivity index (χ1) is 8.84. The van der Waals surface area contributed by atoms with E-state index in [-0.39, 0.29) is 0 Å². The fourth-order valence-electron chi connectivity index (χ4n) is 1.99. The molecule has 2 aromatic rings. The molecule has 0 saturated carbocycles. The molecule has 4 heteroatoms. The fraction of sp³-hybridized carbons (Fsp3) is 0.214. The molecule has 2 heterocycles. The third-order valence-electron chi connectivity index (χ3n) is 2.92. The number of nitrogens with zero attached hydrogens (tertiary/aromatic N) is 1. The van der Waals surface area contributed by atoms with Crippen LogP contribution in [-0.4, -0.2) is 18.1 Å². The van der Waals surface area contributed by atoms with Gasteiger partial charge in [-0.3, -0.25) is 0 Å². The van der Waals surface area contributed by atoms with Gasteiger partial charge in [0.2, 0.25) is 5.88 Å². The lowest BCUT2D eigenvalue weighted by molar-refractivity contribution is 0.314. The van der Waals surface area contributed by atoms with Gasteiger partial charge in [0, 0.05) is 29.2 Å². The Balaban J connectivity index is 2.04. The molecule has 1 aliphatic heterocycles. The lowest BCUT2D eigenvalue weighted by atomic mass is 10.1. The minimum Gasteiger partial charge on any atom is -0.476 e. The Bertz CT molecular complexity index is 571. The number of benzene rings is 1. The Morgan fingerprint density at radius 1 is 1.17 bits per heavy atom. The van der Waals surface area contributed by atoms with E-state index in [1.54, 1.807) is 0 Å². The van der Waals surface area contributed by atoms with E-state index >= 15 is 0 Å². The predicted octanol–water partition coefficient (Wildman–Crippen LogP) is 2.88. The maximum atomic E-state index is 6.18. The normalized spacial score (nSPS) is 14.5. The van der Waals surface area contributed by atoms with Crippen molar-refractivity contribution in [3.05, 3.63) is 47.0 Å². The molecule has 0 unspecified atom stereocenters. The van der Waals surface area contributed by atoms with Crippen molar-refractivity contribution < 1.29 is 4.74 Å². The molecule has 92 valence electrons. The molecule has 0 fully saturated rings. The highest BCUT2D eigenvalue weighted by molar-refractivity contribution is 6.33. The molecule has 3 nitrogen and oxygen atoms in total. The van der Waals surface area contributed by atoms with E-state index < -0.39 is 0 Å². The number of ether oxygens (including phenoxy) is 1. The maximum absolute atomic E-state index is 6.18. The number of halogens is 1. The zero-order valence-corrected chi connectivity index (χ0v) is 10.6. The van der Waals surface area contributed by atoms with Gasteiger partial charge in [-0.2, -0.15) is 0 Å². The van der Waals surface area contributed by atoms with Crippen LogP contribution in [0.15, 0.2) is 36.4 Å². The van der Waals surface area contributed by atoms with Crippen molar-refractivity contribution in [2.24, 2.45) is 0 Å². The smallest absolute Gasteiger partial charge is 0.218 e. The highest BCUT2D eigenvalue weighted by atomic mass is 35.5. The molecule has 0 atom stereocenters. The molecule has 3 rings (SSSR count). The van der Waals surface area contributed by atoms with E-state index in [0.717, 1.165) is 29.9 Å². The van der Waals surface area contributed by atoms with Gasteiger partial charge in [0.05, 0.1) is 5.69 Å². The van der Waals surface area contributed by atoms with Gasteiger partial charge in [-0.05, 0) is 12.1 Å². The average Bonchev–Trinajstić information content (AvgIpc) is 2.63. The molecule has 18 heavy (non-hydrogen) atoms. The molecule has 1 aromatic carbocycles. The highest BCUT2D eigenvalue weighted by Gasteiger charge is 2.12. The predicted molar refractivity (Wildman–Crippen MR) is 71.9 cm³/mol. The minimum atomic E-state index is 0.645. The van der Waals surface area contributed by atoms with Crippen molar-refractivity contribution in [1.82, 2.24) is 10.3 Å². The molecule has 0 radical (unpaired) electrons. The summed E-state index contributed by atoms with van der Waals surface area (Å²) in [6.45, 7) is 2.29. The van der Waals surface area contributed by atoms with E-state index in [9.17, 15) is 0 Å². The first kappa shape index (κ1) is 11.5. The number of hydrogen-bond donors (Lipinski definition) is 1. The Morgan fingerprint density at radius 3 is 2.94 bits per heavy atom. The molecule has 0 amide bonds. The SMILES string of the molecule is Clc1ccccc1-c1ccc2c(n1)OCCNC2. The zero-order valence-electron chi connectivity index (χ0n) is 9.82. The minimum absolute atomic E-state index is 0.645. The van der Waals surface area contributed by atoms with Crippen LogP contribution in [0, 0.1) is 0 Å². The van der Waals surface area contributed by atoms with Crippen molar-refractivity contribution in [3.8, 4) is 17.1 Å². The summed E-state index contributed by atoms with van der Waals surface area (Å²) in [5.74, 6) is 0.706. The number of aromatic nitrogens is 1. The van der Waals surface area contributed by atoms with Crippen LogP contribution in [0.2, 0.25) is 5.02 Å². The molecule has 0 spiro atoms. The van der Waals surface area contributed by atoms with Crippen molar-refractivity contribution in [3.63, 3.8) is 0 Å². The highest BCUT2D eigenvalue weighted by Crippen LogP contribution is 2.29. The van der Waals surface area contributed by atoms with Crippen LogP contribution >= 0.6 is 11.6 Å². The zero-order chi connectivity index (χ0) is 12.4. The van der Waals surface area contributed by atoms with E-state index in [2.05, 4.69) is 10.3 Å². The van der Waals surface area contributed by atoms with Crippen LogP contribution in [-0.2, 0) is 6.54 Å². The topological polar surface area (TPSA) is 34.1 Å². The van der Waals surface area contributed by atoms with Crippen molar-refractivity contribution in [2.75, 3.05) is 13.2 Å². The van der Waals surface area contributed by atoms with Crippen LogP contribution in [0.3, 0.4) is 0 Å². The first-order valence-electron chi connectivity index (χ1n) is 5.93. The van der Waals surface area contributed by atoms with Crippen LogP contribution < -0.4 is 10.1 Å². The monoisotopic (exact) mass is 260 g/mol. The largest absolute Gasteiger partial charge is 0.476 e. The molecule has 0 saturated heterocycles. The van der Waals surface area contributed by atoms with E-state index in [1.807, 2.05) is 36.4 Å². The van der Waals surface area contributed by atoms with E-state index in [0.29, 0.717) is 17.5 Å². The second kappa shape index (κ2) is 4.96. The van der Waals surface area contributed by atoms with Gasteiger partial charge in [0.1, 0.15) is 6.61 Å². The summed E-state index contributed by atoms with van der Waals surface area (Å²) < 4.78 is 5.63. The van der Waals surface area contributed by atoms with Gasteiger partial charge < -0.3 is 10.1 Å². The molecular formula is C14H13ClN2O. The summed E-state index contributed by atoms with van der Waals surface area (Å²) in [6, 6.07) is 11.7. The van der Waals surface area contributed by atoms with Crippen LogP contribution in [0.4, 0.5) is 0 Å². The Labute approximate surface area is 111 Å². The Hall–Kier alpha value is -1.58. The second-order valence-corrected chi connectivity index (χ2v) is 4.57.